The molecule has 4 rings (SSSR count). The second-order valence-corrected chi connectivity index (χ2v) is 14.6. The van der Waals surface area contributed by atoms with Crippen LogP contribution in [-0.2, 0) is 33.3 Å². The maximum absolute atomic E-state index is 14.7. The Morgan fingerprint density at radius 1 is 1.18 bits per heavy atom. The Morgan fingerprint density at radius 2 is 1.89 bits per heavy atom. The van der Waals surface area contributed by atoms with Crippen molar-refractivity contribution in [3.8, 4) is 0 Å². The first-order chi connectivity index (χ1) is 20.8. The second kappa shape index (κ2) is 13.7. The lowest BCUT2D eigenvalue weighted by Crippen LogP contribution is -2.68. The van der Waals surface area contributed by atoms with Gasteiger partial charge in [-0.1, -0.05) is 44.4 Å². The first-order valence-corrected chi connectivity index (χ1v) is 16.8. The third kappa shape index (κ3) is 6.90. The maximum Gasteiger partial charge on any atom is 0.411 e. The number of furan rings is 1. The Morgan fingerprint density at radius 3 is 2.48 bits per heavy atom. The molecule has 2 bridgehead atoms. The van der Waals surface area contributed by atoms with E-state index in [9.17, 15) is 18.0 Å². The summed E-state index contributed by atoms with van der Waals surface area (Å²) in [5.74, 6) is -1.23. The maximum atomic E-state index is 14.7. The first-order valence-electron chi connectivity index (χ1n) is 15.4. The number of amides is 1. The summed E-state index contributed by atoms with van der Waals surface area (Å²) in [6, 6.07) is 9.49. The fourth-order valence-electron chi connectivity index (χ4n) is 7.00. The van der Waals surface area contributed by atoms with Gasteiger partial charge in [0.15, 0.2) is 0 Å². The lowest BCUT2D eigenvalue weighted by Gasteiger charge is -2.53. The van der Waals surface area contributed by atoms with Crippen LogP contribution in [0.2, 0.25) is 0 Å². The number of hydrogen-bond acceptors (Lipinski definition) is 9. The van der Waals surface area contributed by atoms with E-state index in [1.165, 1.54) is 19.2 Å². The molecule has 2 saturated heterocycles. The number of hydrogen-bond donors (Lipinski definition) is 0. The average Bonchev–Trinajstić information content (AvgIpc) is 3.58. The van der Waals surface area contributed by atoms with Crippen LogP contribution in [0.5, 0.6) is 0 Å². The van der Waals surface area contributed by atoms with Gasteiger partial charge in [0.05, 0.1) is 29.4 Å². The van der Waals surface area contributed by atoms with Crippen molar-refractivity contribution in [3.05, 3.63) is 54.0 Å². The molecule has 1 aromatic carbocycles. The van der Waals surface area contributed by atoms with E-state index in [-0.39, 0.29) is 36.4 Å². The van der Waals surface area contributed by atoms with E-state index in [0.717, 1.165) is 12.0 Å². The lowest BCUT2D eigenvalue weighted by atomic mass is 9.66. The molecule has 0 unspecified atom stereocenters. The zero-order valence-electron chi connectivity index (χ0n) is 26.9. The molecule has 1 amide bonds. The number of aryl methyl sites for hydroxylation is 1. The molecule has 11 heteroatoms. The summed E-state index contributed by atoms with van der Waals surface area (Å²) in [5.41, 5.74) is -0.948. The fraction of sp³-hybridized carbons (Fsp3) is 0.636. The van der Waals surface area contributed by atoms with Crippen LogP contribution in [0, 0.1) is 18.8 Å². The van der Waals surface area contributed by atoms with Crippen molar-refractivity contribution in [2.45, 2.75) is 108 Å². The number of nitrogens with zero attached hydrogens (tertiary/aromatic N) is 1. The standard InChI is InChI=1S/C33H47NO9S/c1-8-9-17-33-25(16-19-42-44(37,38)24-14-12-22(2)13-15-24)30(35)29(23(3)27-11-10-18-40-27)26(20-28(33)41-21-39-7)34(33)31(36)43-32(4,5)6/h10-15,18,23,25-26,28-29H,8-9,16-17,19-21H2,1-7H3/t23-,25+,26+,28+,29-,33+/m1/s1. The topological polar surface area (TPSA) is 122 Å². The lowest BCUT2D eigenvalue weighted by molar-refractivity contribution is -0.157. The van der Waals surface area contributed by atoms with Crippen LogP contribution in [0.25, 0.3) is 0 Å². The quantitative estimate of drug-likeness (QED) is 0.187. The minimum absolute atomic E-state index is 0.0228. The molecule has 6 atom stereocenters. The van der Waals surface area contributed by atoms with Crippen LogP contribution in [0.3, 0.4) is 0 Å². The van der Waals surface area contributed by atoms with Gasteiger partial charge in [-0.15, -0.1) is 0 Å². The van der Waals surface area contributed by atoms with Gasteiger partial charge in [0.25, 0.3) is 10.1 Å². The second-order valence-electron chi connectivity index (χ2n) is 13.0. The van der Waals surface area contributed by atoms with E-state index in [0.29, 0.717) is 25.0 Å². The molecular formula is C33H47NO9S. The van der Waals surface area contributed by atoms with Gasteiger partial charge in [-0.25, -0.2) is 4.79 Å². The van der Waals surface area contributed by atoms with Gasteiger partial charge in [0.2, 0.25) is 0 Å². The SMILES string of the molecule is CCCC[C@@]12[C@@H](OCOC)C[C@@H]([C@@H]([C@H](C)c3ccco3)C(=O)[C@@H]1CCOS(=O)(=O)c1ccc(C)cc1)N2C(=O)OC(C)(C)C. The molecule has 3 heterocycles. The van der Waals surface area contributed by atoms with E-state index >= 15 is 0 Å². The number of Topliss-reactive ketones (excluding diaryl/α,β-unsaturated/α-hetero) is 1. The van der Waals surface area contributed by atoms with Gasteiger partial charge in [-0.2, -0.15) is 8.42 Å². The molecule has 0 saturated carbocycles. The number of rotatable bonds is 13. The van der Waals surface area contributed by atoms with Crippen molar-refractivity contribution in [2.75, 3.05) is 20.5 Å². The monoisotopic (exact) mass is 633 g/mol. The van der Waals surface area contributed by atoms with Crippen LogP contribution in [0.4, 0.5) is 4.79 Å². The minimum Gasteiger partial charge on any atom is -0.469 e. The van der Waals surface area contributed by atoms with Crippen molar-refractivity contribution in [3.63, 3.8) is 0 Å². The number of benzene rings is 1. The Kier molecular flexibility index (Phi) is 10.7. The highest BCUT2D eigenvalue weighted by Gasteiger charge is 2.68. The summed E-state index contributed by atoms with van der Waals surface area (Å²) in [6.45, 7) is 11.0. The molecule has 0 radical (unpaired) electrons. The average molecular weight is 634 g/mol. The third-order valence-corrected chi connectivity index (χ3v) is 10.2. The molecule has 2 aliphatic heterocycles. The van der Waals surface area contributed by atoms with Crippen LogP contribution < -0.4 is 0 Å². The van der Waals surface area contributed by atoms with Gasteiger partial charge in [0, 0.05) is 30.9 Å². The van der Waals surface area contributed by atoms with Crippen molar-refractivity contribution >= 4 is 22.0 Å². The van der Waals surface area contributed by atoms with Crippen LogP contribution >= 0.6 is 0 Å². The van der Waals surface area contributed by atoms with Crippen molar-refractivity contribution < 1.29 is 40.8 Å². The van der Waals surface area contributed by atoms with Crippen molar-refractivity contribution in [1.82, 2.24) is 4.90 Å². The minimum atomic E-state index is -4.08. The van der Waals surface area contributed by atoms with E-state index in [2.05, 4.69) is 0 Å². The molecule has 2 fully saturated rings. The zero-order chi connectivity index (χ0) is 32.3. The van der Waals surface area contributed by atoms with E-state index < -0.39 is 51.3 Å². The Bertz CT molecular complexity index is 1370. The molecular weight excluding hydrogens is 586 g/mol. The van der Waals surface area contributed by atoms with Gasteiger partial charge in [-0.3, -0.25) is 13.9 Å². The number of piperidine rings is 1. The summed E-state index contributed by atoms with van der Waals surface area (Å²) in [7, 11) is -2.55. The van der Waals surface area contributed by atoms with Crippen molar-refractivity contribution in [2.24, 2.45) is 11.8 Å². The van der Waals surface area contributed by atoms with Crippen LogP contribution in [0.15, 0.2) is 52.0 Å². The normalized spacial score (nSPS) is 26.2. The molecule has 1 aromatic heterocycles. The summed E-state index contributed by atoms with van der Waals surface area (Å²) < 4.78 is 55.0. The molecule has 2 aromatic rings. The van der Waals surface area contributed by atoms with Crippen molar-refractivity contribution in [1.29, 1.82) is 0 Å². The van der Waals surface area contributed by atoms with Gasteiger partial charge >= 0.3 is 6.09 Å². The number of carbonyl (C=O) groups is 2. The van der Waals surface area contributed by atoms with E-state index in [4.69, 9.17) is 22.8 Å². The van der Waals surface area contributed by atoms with Crippen LogP contribution in [-0.4, -0.2) is 69.0 Å². The Hall–Kier alpha value is -2.73. The predicted molar refractivity (Wildman–Crippen MR) is 164 cm³/mol. The highest BCUT2D eigenvalue weighted by Crippen LogP contribution is 2.56. The Labute approximate surface area is 261 Å². The molecule has 2 aliphatic rings. The summed E-state index contributed by atoms with van der Waals surface area (Å²) in [5, 5.41) is 0. The number of methoxy groups -OCH3 is 1. The molecule has 0 aliphatic carbocycles. The number of carbonyl (C=O) groups excluding carboxylic acids is 2. The highest BCUT2D eigenvalue weighted by molar-refractivity contribution is 7.86. The summed E-state index contributed by atoms with van der Waals surface area (Å²) >= 11 is 0. The number of ketones is 1. The van der Waals surface area contributed by atoms with Gasteiger partial charge in [0.1, 0.15) is 23.9 Å². The van der Waals surface area contributed by atoms with E-state index in [1.54, 1.807) is 29.4 Å². The fourth-order valence-corrected chi connectivity index (χ4v) is 7.92. The Balaban J connectivity index is 1.79. The number of fused-ring (bicyclic) bond motifs is 2. The van der Waals surface area contributed by atoms with Gasteiger partial charge in [-0.05, 0) is 71.2 Å². The zero-order valence-corrected chi connectivity index (χ0v) is 27.7. The summed E-state index contributed by atoms with van der Waals surface area (Å²) in [4.78, 5) is 30.7. The van der Waals surface area contributed by atoms with Crippen LogP contribution in [0.1, 0.15) is 84.0 Å². The predicted octanol–water partition coefficient (Wildman–Crippen LogP) is 6.23. The molecule has 10 nitrogen and oxygen atoms in total. The molecule has 0 spiro atoms. The largest absolute Gasteiger partial charge is 0.469 e. The molecule has 244 valence electrons. The van der Waals surface area contributed by atoms with Gasteiger partial charge < -0.3 is 18.6 Å². The number of unbranched alkanes of at least 4 members (excludes halogenated alkanes) is 1. The highest BCUT2D eigenvalue weighted by atomic mass is 32.2. The smallest absolute Gasteiger partial charge is 0.411 e. The number of ether oxygens (including phenoxy) is 3. The first kappa shape index (κ1) is 34.1. The molecule has 44 heavy (non-hydrogen) atoms. The third-order valence-electron chi connectivity index (χ3n) is 8.88. The van der Waals surface area contributed by atoms with E-state index in [1.807, 2.05) is 47.6 Å². The summed E-state index contributed by atoms with van der Waals surface area (Å²) in [6.07, 6.45) is 2.95. The molecule has 0 N–H and O–H groups in total.